The zero-order chi connectivity index (χ0) is 14.0. The van der Waals surface area contributed by atoms with Gasteiger partial charge in [-0.25, -0.2) is 0 Å². The second-order valence-corrected chi connectivity index (χ2v) is 4.30. The third-order valence-corrected chi connectivity index (χ3v) is 2.96. The van der Waals surface area contributed by atoms with E-state index in [-0.39, 0.29) is 10.8 Å². The van der Waals surface area contributed by atoms with Crippen molar-refractivity contribution in [2.45, 2.75) is 6.04 Å². The molecule has 2 N–H and O–H groups in total. The number of nitro groups is 1. The molecule has 2 rings (SSSR count). The number of nitrogens with zero attached hydrogens (tertiary/aromatic N) is 2. The van der Waals surface area contributed by atoms with Crippen LogP contribution < -0.4 is 10.6 Å². The highest BCUT2D eigenvalue weighted by Gasteiger charge is 2.35. The topological polar surface area (TPSA) is 108 Å². The van der Waals surface area contributed by atoms with Crippen LogP contribution in [0.4, 0.5) is 5.69 Å². The molecule has 0 unspecified atom stereocenters. The number of nitrogens with one attached hydrogen (secondary N) is 2. The first kappa shape index (κ1) is 12.9. The summed E-state index contributed by atoms with van der Waals surface area (Å²) in [5.74, 6) is -1.41. The third-order valence-electron chi connectivity index (χ3n) is 2.74. The van der Waals surface area contributed by atoms with Crippen molar-refractivity contribution >= 4 is 28.9 Å². The first-order valence-corrected chi connectivity index (χ1v) is 5.69. The SMILES string of the molecule is N#C[C@@H]1C(=O)NC(=S)N[C@H]1c1ccc([N+](=O)[O-])cc1. The molecule has 0 radical (unpaired) electrons. The van der Waals surface area contributed by atoms with Crippen molar-refractivity contribution in [2.24, 2.45) is 5.92 Å². The van der Waals surface area contributed by atoms with Crippen molar-refractivity contribution < 1.29 is 9.72 Å². The summed E-state index contributed by atoms with van der Waals surface area (Å²) in [6.45, 7) is 0. The van der Waals surface area contributed by atoms with E-state index in [2.05, 4.69) is 10.6 Å². The van der Waals surface area contributed by atoms with Crippen LogP contribution in [0.25, 0.3) is 0 Å². The zero-order valence-electron chi connectivity index (χ0n) is 9.49. The summed E-state index contributed by atoms with van der Waals surface area (Å²) >= 11 is 4.87. The highest BCUT2D eigenvalue weighted by molar-refractivity contribution is 7.80. The molecule has 0 saturated carbocycles. The molecule has 7 nitrogen and oxygen atoms in total. The second-order valence-electron chi connectivity index (χ2n) is 3.90. The lowest BCUT2D eigenvalue weighted by molar-refractivity contribution is -0.384. The number of nitro benzene ring substituents is 1. The first-order valence-electron chi connectivity index (χ1n) is 5.28. The molecule has 0 spiro atoms. The fraction of sp³-hybridized carbons (Fsp3) is 0.182. The van der Waals surface area contributed by atoms with Gasteiger partial charge in [-0.2, -0.15) is 5.26 Å². The number of hydrogen-bond acceptors (Lipinski definition) is 5. The van der Waals surface area contributed by atoms with Crippen LogP contribution in [0.2, 0.25) is 0 Å². The molecule has 1 saturated heterocycles. The highest BCUT2D eigenvalue weighted by Crippen LogP contribution is 2.26. The van der Waals surface area contributed by atoms with Gasteiger partial charge in [0.25, 0.3) is 5.69 Å². The van der Waals surface area contributed by atoms with Crippen LogP contribution in [0.15, 0.2) is 24.3 Å². The summed E-state index contributed by atoms with van der Waals surface area (Å²) in [5.41, 5.74) is 0.537. The maximum atomic E-state index is 11.6. The molecule has 1 amide bonds. The highest BCUT2D eigenvalue weighted by atomic mass is 32.1. The Bertz CT molecular complexity index is 593. The van der Waals surface area contributed by atoms with Gasteiger partial charge >= 0.3 is 0 Å². The van der Waals surface area contributed by atoms with E-state index in [0.717, 1.165) is 0 Å². The summed E-state index contributed by atoms with van der Waals surface area (Å²) in [6, 6.07) is 6.93. The molecule has 1 aromatic rings. The molecule has 1 heterocycles. The van der Waals surface area contributed by atoms with Crippen molar-refractivity contribution in [2.75, 3.05) is 0 Å². The number of nitriles is 1. The van der Waals surface area contributed by atoms with E-state index in [9.17, 15) is 14.9 Å². The van der Waals surface area contributed by atoms with Gasteiger partial charge < -0.3 is 10.6 Å². The Labute approximate surface area is 113 Å². The van der Waals surface area contributed by atoms with Gasteiger partial charge in [0, 0.05) is 12.1 Å². The molecule has 2 atom stereocenters. The van der Waals surface area contributed by atoms with Crippen molar-refractivity contribution in [3.8, 4) is 6.07 Å². The van der Waals surface area contributed by atoms with E-state index in [4.69, 9.17) is 17.5 Å². The zero-order valence-corrected chi connectivity index (χ0v) is 10.3. The smallest absolute Gasteiger partial charge is 0.269 e. The minimum atomic E-state index is -0.937. The summed E-state index contributed by atoms with van der Waals surface area (Å²) in [4.78, 5) is 21.7. The van der Waals surface area contributed by atoms with E-state index in [0.29, 0.717) is 5.56 Å². The Balaban J connectivity index is 2.33. The van der Waals surface area contributed by atoms with Crippen LogP contribution in [0.3, 0.4) is 0 Å². The Hall–Kier alpha value is -2.53. The van der Waals surface area contributed by atoms with E-state index < -0.39 is 22.8 Å². The Kier molecular flexibility index (Phi) is 3.39. The van der Waals surface area contributed by atoms with Gasteiger partial charge in [-0.3, -0.25) is 14.9 Å². The number of carbonyl (C=O) groups is 1. The maximum absolute atomic E-state index is 11.6. The van der Waals surface area contributed by atoms with Gasteiger partial charge in [-0.1, -0.05) is 12.1 Å². The lowest BCUT2D eigenvalue weighted by Gasteiger charge is -2.29. The molecule has 0 aliphatic carbocycles. The minimum absolute atomic E-state index is 0.0555. The number of hydrogen-bond donors (Lipinski definition) is 2. The quantitative estimate of drug-likeness (QED) is 0.469. The van der Waals surface area contributed by atoms with Crippen molar-refractivity contribution in [3.05, 3.63) is 39.9 Å². The molecular formula is C11H8N4O3S. The van der Waals surface area contributed by atoms with Crippen LogP contribution in [0.1, 0.15) is 11.6 Å². The van der Waals surface area contributed by atoms with Crippen molar-refractivity contribution in [1.29, 1.82) is 5.26 Å². The maximum Gasteiger partial charge on any atom is 0.269 e. The van der Waals surface area contributed by atoms with E-state index in [1.54, 1.807) is 0 Å². The monoisotopic (exact) mass is 276 g/mol. The van der Waals surface area contributed by atoms with Crippen LogP contribution in [-0.2, 0) is 4.79 Å². The summed E-state index contributed by atoms with van der Waals surface area (Å²) in [6.07, 6.45) is 0. The average molecular weight is 276 g/mol. The fourth-order valence-electron chi connectivity index (χ4n) is 1.81. The van der Waals surface area contributed by atoms with Gasteiger partial charge in [0.2, 0.25) is 5.91 Å². The molecular weight excluding hydrogens is 268 g/mol. The van der Waals surface area contributed by atoms with Crippen LogP contribution >= 0.6 is 12.2 Å². The Morgan fingerprint density at radius 3 is 2.53 bits per heavy atom. The van der Waals surface area contributed by atoms with E-state index in [1.165, 1.54) is 24.3 Å². The van der Waals surface area contributed by atoms with E-state index in [1.807, 2.05) is 6.07 Å². The molecule has 8 heteroatoms. The lowest BCUT2D eigenvalue weighted by Crippen LogP contribution is -2.53. The van der Waals surface area contributed by atoms with Crippen molar-refractivity contribution in [1.82, 2.24) is 10.6 Å². The first-order chi connectivity index (χ1) is 9.02. The molecule has 1 aliphatic rings. The molecule has 1 aliphatic heterocycles. The molecule has 0 aromatic heterocycles. The van der Waals surface area contributed by atoms with Crippen LogP contribution in [0.5, 0.6) is 0 Å². The predicted molar refractivity (Wildman–Crippen MR) is 68.8 cm³/mol. The van der Waals surface area contributed by atoms with Crippen LogP contribution in [-0.4, -0.2) is 15.9 Å². The second kappa shape index (κ2) is 4.99. The fourth-order valence-corrected chi connectivity index (χ4v) is 2.04. The number of carbonyl (C=O) groups excluding carboxylic acids is 1. The third kappa shape index (κ3) is 2.51. The molecule has 0 bridgehead atoms. The lowest BCUT2D eigenvalue weighted by atomic mass is 9.92. The van der Waals surface area contributed by atoms with Gasteiger partial charge in [-0.15, -0.1) is 0 Å². The Morgan fingerprint density at radius 1 is 1.37 bits per heavy atom. The normalized spacial score (nSPS) is 22.1. The predicted octanol–water partition coefficient (Wildman–Crippen LogP) is 0.780. The van der Waals surface area contributed by atoms with E-state index >= 15 is 0 Å². The summed E-state index contributed by atoms with van der Waals surface area (Å²) in [5, 5.41) is 24.9. The minimum Gasteiger partial charge on any atom is -0.354 e. The number of rotatable bonds is 2. The number of amides is 1. The number of non-ortho nitro benzene ring substituents is 1. The number of benzene rings is 1. The molecule has 19 heavy (non-hydrogen) atoms. The van der Waals surface area contributed by atoms with Crippen LogP contribution in [0, 0.1) is 27.4 Å². The summed E-state index contributed by atoms with van der Waals surface area (Å²) < 4.78 is 0. The van der Waals surface area contributed by atoms with Gasteiger partial charge in [0.1, 0.15) is 5.92 Å². The van der Waals surface area contributed by atoms with Gasteiger partial charge in [-0.05, 0) is 17.8 Å². The molecule has 1 fully saturated rings. The van der Waals surface area contributed by atoms with Gasteiger partial charge in [0.05, 0.1) is 17.0 Å². The van der Waals surface area contributed by atoms with Crippen molar-refractivity contribution in [3.63, 3.8) is 0 Å². The molecule has 96 valence electrons. The largest absolute Gasteiger partial charge is 0.354 e. The Morgan fingerprint density at radius 2 is 2.00 bits per heavy atom. The summed E-state index contributed by atoms with van der Waals surface area (Å²) in [7, 11) is 0. The molecule has 1 aromatic carbocycles. The standard InChI is InChI=1S/C11H8N4O3S/c12-5-8-9(13-11(19)14-10(8)16)6-1-3-7(4-2-6)15(17)18/h1-4,8-9H,(H2,13,14,16,19)/t8-,9-/m0/s1. The number of thiocarbonyl (C=S) groups is 1. The average Bonchev–Trinajstić information content (AvgIpc) is 2.38. The van der Waals surface area contributed by atoms with Gasteiger partial charge in [0.15, 0.2) is 5.11 Å².